The maximum atomic E-state index is 8.79. The topological polar surface area (TPSA) is 30.3 Å². The van der Waals surface area contributed by atoms with Gasteiger partial charge < -0.3 is 9.80 Å². The minimum absolute atomic E-state index is 0.741. The number of piperidine rings is 1. The molecule has 0 saturated carbocycles. The standard InChI is InChI=1S/C16H20N3/c17-10-14-4-6-16(7-5-14)19-12-15(13-19)11-18-8-2-1-3-9-18/h1,4-7,15H,2-3,8-9,11-13H2. The summed E-state index contributed by atoms with van der Waals surface area (Å²) in [5.74, 6) is 0.814. The van der Waals surface area contributed by atoms with Gasteiger partial charge in [0.1, 0.15) is 0 Å². The highest BCUT2D eigenvalue weighted by Gasteiger charge is 2.28. The predicted octanol–water partition coefficient (Wildman–Crippen LogP) is 2.29. The van der Waals surface area contributed by atoms with Crippen LogP contribution in [0.15, 0.2) is 24.3 Å². The molecule has 0 aliphatic carbocycles. The van der Waals surface area contributed by atoms with Gasteiger partial charge in [0, 0.05) is 31.2 Å². The third-order valence-corrected chi connectivity index (χ3v) is 4.13. The van der Waals surface area contributed by atoms with Crippen LogP contribution in [-0.4, -0.2) is 37.6 Å². The van der Waals surface area contributed by atoms with E-state index in [1.165, 1.54) is 38.2 Å². The number of anilines is 1. The molecule has 99 valence electrons. The van der Waals surface area contributed by atoms with Crippen molar-refractivity contribution < 1.29 is 0 Å². The normalized spacial score (nSPS) is 20.9. The quantitative estimate of drug-likeness (QED) is 0.829. The van der Waals surface area contributed by atoms with E-state index < -0.39 is 0 Å². The summed E-state index contributed by atoms with van der Waals surface area (Å²) in [6, 6.07) is 10.1. The molecule has 3 heteroatoms. The number of hydrogen-bond donors (Lipinski definition) is 0. The highest BCUT2D eigenvalue weighted by Crippen LogP contribution is 2.26. The van der Waals surface area contributed by atoms with Crippen LogP contribution in [0.25, 0.3) is 0 Å². The molecule has 0 aromatic heterocycles. The van der Waals surface area contributed by atoms with Crippen LogP contribution in [0, 0.1) is 23.7 Å². The van der Waals surface area contributed by atoms with Gasteiger partial charge in [-0.05, 0) is 56.6 Å². The van der Waals surface area contributed by atoms with Gasteiger partial charge in [-0.1, -0.05) is 0 Å². The van der Waals surface area contributed by atoms with Gasteiger partial charge in [0.2, 0.25) is 0 Å². The molecule has 2 fully saturated rings. The molecule has 19 heavy (non-hydrogen) atoms. The fourth-order valence-electron chi connectivity index (χ4n) is 2.99. The van der Waals surface area contributed by atoms with Gasteiger partial charge in [-0.25, -0.2) is 0 Å². The largest absolute Gasteiger partial charge is 0.371 e. The Morgan fingerprint density at radius 3 is 2.42 bits per heavy atom. The van der Waals surface area contributed by atoms with E-state index in [-0.39, 0.29) is 0 Å². The number of nitrogens with zero attached hydrogens (tertiary/aromatic N) is 3. The fourth-order valence-corrected chi connectivity index (χ4v) is 2.99. The first-order chi connectivity index (χ1) is 9.35. The Kier molecular flexibility index (Phi) is 3.70. The maximum Gasteiger partial charge on any atom is 0.0991 e. The van der Waals surface area contributed by atoms with Crippen LogP contribution in [0.2, 0.25) is 0 Å². The molecular formula is C16H20N3. The van der Waals surface area contributed by atoms with Gasteiger partial charge in [0.25, 0.3) is 0 Å². The van der Waals surface area contributed by atoms with E-state index in [9.17, 15) is 0 Å². The Morgan fingerprint density at radius 2 is 1.79 bits per heavy atom. The van der Waals surface area contributed by atoms with E-state index in [1.54, 1.807) is 0 Å². The minimum atomic E-state index is 0.741. The van der Waals surface area contributed by atoms with E-state index in [1.807, 2.05) is 12.1 Å². The van der Waals surface area contributed by atoms with E-state index in [2.05, 4.69) is 34.4 Å². The van der Waals surface area contributed by atoms with Gasteiger partial charge in [-0.15, -0.1) is 0 Å². The molecule has 0 amide bonds. The lowest BCUT2D eigenvalue weighted by Gasteiger charge is -2.43. The summed E-state index contributed by atoms with van der Waals surface area (Å²) in [6.07, 6.45) is 4.92. The Balaban J connectivity index is 1.47. The maximum absolute atomic E-state index is 8.79. The van der Waals surface area contributed by atoms with Crippen molar-refractivity contribution in [3.05, 3.63) is 36.2 Å². The van der Waals surface area contributed by atoms with Gasteiger partial charge in [0.15, 0.2) is 0 Å². The zero-order chi connectivity index (χ0) is 13.1. The lowest BCUT2D eigenvalue weighted by Crippen LogP contribution is -2.52. The van der Waals surface area contributed by atoms with Crippen molar-refractivity contribution >= 4 is 5.69 Å². The molecule has 0 bridgehead atoms. The van der Waals surface area contributed by atoms with Gasteiger partial charge in [-0.2, -0.15) is 5.26 Å². The van der Waals surface area contributed by atoms with Crippen molar-refractivity contribution in [1.82, 2.24) is 4.90 Å². The van der Waals surface area contributed by atoms with Crippen molar-refractivity contribution in [3.63, 3.8) is 0 Å². The first kappa shape index (κ1) is 12.5. The molecule has 1 aromatic carbocycles. The third-order valence-electron chi connectivity index (χ3n) is 4.13. The second-order valence-electron chi connectivity index (χ2n) is 5.60. The summed E-state index contributed by atoms with van der Waals surface area (Å²) in [5, 5.41) is 8.79. The van der Waals surface area contributed by atoms with Crippen LogP contribution < -0.4 is 4.90 Å². The molecule has 0 N–H and O–H groups in total. The summed E-state index contributed by atoms with van der Waals surface area (Å²) < 4.78 is 0. The Labute approximate surface area is 115 Å². The van der Waals surface area contributed by atoms with Crippen molar-refractivity contribution in [2.75, 3.05) is 37.6 Å². The van der Waals surface area contributed by atoms with E-state index in [4.69, 9.17) is 5.26 Å². The number of likely N-dealkylation sites (tertiary alicyclic amines) is 1. The average Bonchev–Trinajstić information content (AvgIpc) is 2.44. The minimum Gasteiger partial charge on any atom is -0.371 e. The molecular weight excluding hydrogens is 234 g/mol. The molecule has 3 rings (SSSR count). The van der Waals surface area contributed by atoms with Crippen LogP contribution in [0.5, 0.6) is 0 Å². The van der Waals surface area contributed by atoms with Crippen LogP contribution in [0.1, 0.15) is 18.4 Å². The van der Waals surface area contributed by atoms with E-state index >= 15 is 0 Å². The lowest BCUT2D eigenvalue weighted by atomic mass is 9.97. The lowest BCUT2D eigenvalue weighted by molar-refractivity contribution is 0.197. The summed E-state index contributed by atoms with van der Waals surface area (Å²) in [6.45, 7) is 6.06. The van der Waals surface area contributed by atoms with Crippen LogP contribution in [-0.2, 0) is 0 Å². The van der Waals surface area contributed by atoms with Crippen molar-refractivity contribution in [3.8, 4) is 6.07 Å². The first-order valence-corrected chi connectivity index (χ1v) is 7.14. The average molecular weight is 254 g/mol. The van der Waals surface area contributed by atoms with E-state index in [0.717, 1.165) is 24.6 Å². The van der Waals surface area contributed by atoms with E-state index in [0.29, 0.717) is 0 Å². The second kappa shape index (κ2) is 5.63. The molecule has 2 aliphatic heterocycles. The number of rotatable bonds is 3. The molecule has 0 spiro atoms. The molecule has 1 aromatic rings. The second-order valence-corrected chi connectivity index (χ2v) is 5.60. The van der Waals surface area contributed by atoms with Crippen LogP contribution in [0.3, 0.4) is 0 Å². The van der Waals surface area contributed by atoms with Gasteiger partial charge in [-0.3, -0.25) is 0 Å². The molecule has 2 saturated heterocycles. The van der Waals surface area contributed by atoms with Crippen molar-refractivity contribution in [2.45, 2.75) is 12.8 Å². The summed E-state index contributed by atoms with van der Waals surface area (Å²) >= 11 is 0. The van der Waals surface area contributed by atoms with Gasteiger partial charge in [0.05, 0.1) is 11.6 Å². The summed E-state index contributed by atoms with van der Waals surface area (Å²) in [5.41, 5.74) is 1.99. The number of nitriles is 1. The predicted molar refractivity (Wildman–Crippen MR) is 76.8 cm³/mol. The Morgan fingerprint density at radius 1 is 1.11 bits per heavy atom. The Hall–Kier alpha value is -1.53. The zero-order valence-electron chi connectivity index (χ0n) is 11.3. The highest BCUT2D eigenvalue weighted by atomic mass is 15.2. The van der Waals surface area contributed by atoms with Gasteiger partial charge >= 0.3 is 0 Å². The molecule has 0 atom stereocenters. The molecule has 2 heterocycles. The SMILES string of the molecule is N#Cc1ccc(N2CC(CN3CC[CH]CC3)C2)cc1. The summed E-state index contributed by atoms with van der Waals surface area (Å²) in [7, 11) is 0. The summed E-state index contributed by atoms with van der Waals surface area (Å²) in [4.78, 5) is 5.00. The zero-order valence-corrected chi connectivity index (χ0v) is 11.3. The number of hydrogen-bond acceptors (Lipinski definition) is 3. The van der Waals surface area contributed by atoms with Crippen molar-refractivity contribution in [2.24, 2.45) is 5.92 Å². The molecule has 3 nitrogen and oxygen atoms in total. The third kappa shape index (κ3) is 2.90. The molecule has 0 unspecified atom stereocenters. The molecule has 1 radical (unpaired) electrons. The van der Waals surface area contributed by atoms with Crippen molar-refractivity contribution in [1.29, 1.82) is 5.26 Å². The Bertz CT molecular complexity index is 448. The monoisotopic (exact) mass is 254 g/mol. The first-order valence-electron chi connectivity index (χ1n) is 7.14. The fraction of sp³-hybridized carbons (Fsp3) is 0.500. The number of benzene rings is 1. The van der Waals surface area contributed by atoms with Crippen LogP contribution >= 0.6 is 0 Å². The highest BCUT2D eigenvalue weighted by molar-refractivity contribution is 5.51. The van der Waals surface area contributed by atoms with Crippen LogP contribution in [0.4, 0.5) is 5.69 Å². The molecule has 2 aliphatic rings. The smallest absolute Gasteiger partial charge is 0.0991 e.